The number of pyridine rings is 1. The number of aldehydes is 1. The van der Waals surface area contributed by atoms with Gasteiger partial charge in [-0.2, -0.15) is 8.78 Å². The highest BCUT2D eigenvalue weighted by Crippen LogP contribution is 2.38. The van der Waals surface area contributed by atoms with Crippen molar-refractivity contribution in [3.63, 3.8) is 0 Å². The van der Waals surface area contributed by atoms with Gasteiger partial charge in [-0.15, -0.1) is 0 Å². The second-order valence-corrected chi connectivity index (χ2v) is 10.1. The summed E-state index contributed by atoms with van der Waals surface area (Å²) in [5.74, 6) is -1.77. The fraction of sp³-hybridized carbons (Fsp3) is 0.120. The van der Waals surface area contributed by atoms with Crippen molar-refractivity contribution in [2.75, 3.05) is 0 Å². The minimum absolute atomic E-state index is 0.0199. The van der Waals surface area contributed by atoms with E-state index in [2.05, 4.69) is 9.50 Å². The topological polar surface area (TPSA) is 56.3 Å². The van der Waals surface area contributed by atoms with Crippen LogP contribution in [-0.4, -0.2) is 21.8 Å². The van der Waals surface area contributed by atoms with Gasteiger partial charge in [0.2, 0.25) is 0 Å². The summed E-state index contributed by atoms with van der Waals surface area (Å²) in [7, 11) is 0. The van der Waals surface area contributed by atoms with Gasteiger partial charge in [0.05, 0.1) is 11.5 Å². The normalized spacial score (nSPS) is 12.8. The van der Waals surface area contributed by atoms with Crippen LogP contribution in [0, 0.1) is 0 Å². The van der Waals surface area contributed by atoms with Crippen LogP contribution < -0.4 is 0 Å². The van der Waals surface area contributed by atoms with E-state index in [1.807, 2.05) is 0 Å². The highest BCUT2D eigenvalue weighted by atomic mass is 127. The molecule has 0 saturated heterocycles. The van der Waals surface area contributed by atoms with Crippen LogP contribution in [0.15, 0.2) is 72.6 Å². The number of nitrogens with zero attached hydrogens (tertiary/aromatic N) is 1. The van der Waals surface area contributed by atoms with Gasteiger partial charge in [0.1, 0.15) is 12.9 Å². The van der Waals surface area contributed by atoms with Crippen LogP contribution in [0.1, 0.15) is 28.2 Å². The van der Waals surface area contributed by atoms with Gasteiger partial charge >= 0.3 is 9.90 Å². The zero-order valence-electron chi connectivity index (χ0n) is 17.6. The van der Waals surface area contributed by atoms with Gasteiger partial charge in [-0.25, -0.2) is 4.79 Å². The van der Waals surface area contributed by atoms with Gasteiger partial charge in [-0.3, -0.25) is 4.98 Å². The minimum atomic E-state index is -2.99. The molecule has 0 fully saturated rings. The van der Waals surface area contributed by atoms with Crippen LogP contribution in [0.5, 0.6) is 0 Å². The lowest BCUT2D eigenvalue weighted by atomic mass is 9.92. The highest BCUT2D eigenvalue weighted by molar-refractivity contribution is 14.2. The van der Waals surface area contributed by atoms with E-state index in [1.165, 1.54) is 36.5 Å². The van der Waals surface area contributed by atoms with E-state index >= 15 is 0 Å². The lowest BCUT2D eigenvalue weighted by Gasteiger charge is -2.16. The minimum Gasteiger partial charge on any atom is -0.457 e. The summed E-state index contributed by atoms with van der Waals surface area (Å²) < 4.78 is 33.9. The number of aromatic nitrogens is 1. The summed E-state index contributed by atoms with van der Waals surface area (Å²) in [5.41, 5.74) is 1.20. The molecule has 2 aromatic carbocycles. The van der Waals surface area contributed by atoms with Crippen molar-refractivity contribution in [2.45, 2.75) is 16.5 Å². The molecule has 0 radical (unpaired) electrons. The Morgan fingerprint density at radius 2 is 1.88 bits per heavy atom. The summed E-state index contributed by atoms with van der Waals surface area (Å²) in [6.07, 6.45) is 5.08. The van der Waals surface area contributed by atoms with Crippen molar-refractivity contribution in [1.82, 2.24) is 4.98 Å². The molecule has 1 unspecified atom stereocenters. The van der Waals surface area contributed by atoms with Crippen molar-refractivity contribution in [3.8, 4) is 0 Å². The Bertz CT molecular complexity index is 1220. The second-order valence-electron chi connectivity index (χ2n) is 7.11. The number of hydrogen-bond donors (Lipinski definition) is 0. The maximum absolute atomic E-state index is 14.0. The fourth-order valence-electron chi connectivity index (χ4n) is 3.15. The van der Waals surface area contributed by atoms with E-state index in [0.29, 0.717) is 33.0 Å². The number of halogens is 5. The number of hydrogen-bond acceptors (Lipinski definition) is 4. The lowest BCUT2D eigenvalue weighted by molar-refractivity contribution is -0.141. The number of carbonyl (C=O) groups excluding carboxylic acids is 2. The van der Waals surface area contributed by atoms with Crippen molar-refractivity contribution in [2.24, 2.45) is 0 Å². The molecule has 176 valence electrons. The molecule has 0 bridgehead atoms. The zero-order chi connectivity index (χ0) is 24.7. The number of alkyl halides is 3. The van der Waals surface area contributed by atoms with E-state index in [1.54, 1.807) is 36.5 Å². The Hall–Kier alpha value is -2.49. The molecule has 0 aliphatic heterocycles. The average molecular weight is 616 g/mol. The lowest BCUT2D eigenvalue weighted by Crippen LogP contribution is -2.16. The molecule has 0 aliphatic rings. The first-order valence-corrected chi connectivity index (χ1v) is 13.2. The summed E-state index contributed by atoms with van der Waals surface area (Å²) in [6, 6.07) is 13.7. The molecule has 0 spiro atoms. The largest absolute Gasteiger partial charge is 0.457 e. The Balaban J connectivity index is 1.94. The quantitative estimate of drug-likeness (QED) is 0.0859. The number of carbonyl (C=O) groups is 2. The van der Waals surface area contributed by atoms with E-state index in [0.717, 1.165) is 0 Å². The van der Waals surface area contributed by atoms with Crippen molar-refractivity contribution in [3.05, 3.63) is 105 Å². The van der Waals surface area contributed by atoms with E-state index in [-0.39, 0.29) is 17.7 Å². The van der Waals surface area contributed by atoms with Crippen LogP contribution >= 0.6 is 43.9 Å². The van der Waals surface area contributed by atoms with Crippen LogP contribution in [0.25, 0.3) is 6.08 Å². The van der Waals surface area contributed by atoms with Crippen LogP contribution in [-0.2, 0) is 24.9 Å². The summed E-state index contributed by atoms with van der Waals surface area (Å²) in [5, 5.41) is 0.697. The Morgan fingerprint density at radius 3 is 2.50 bits per heavy atom. The predicted molar refractivity (Wildman–Crippen MR) is 139 cm³/mol. The molecular formula is C25H18Cl2F2INO3. The molecule has 0 amide bonds. The molecule has 3 aromatic rings. The predicted octanol–water partition coefficient (Wildman–Crippen LogP) is 6.95. The molecule has 3 rings (SSSR count). The summed E-state index contributed by atoms with van der Waals surface area (Å²) in [6.45, 7) is -0.259. The van der Waals surface area contributed by atoms with Gasteiger partial charge in [-0.1, -0.05) is 52.0 Å². The summed E-state index contributed by atoms with van der Waals surface area (Å²) in [4.78, 5) is 29.1. The standard InChI is InChI=1S/C25H18Cl2F2INO3/c1-30-25(28,29)19-6-2-4-16(8-19)15-34-24(33)22(11-17-9-20(26)12-21(27)10-17)23(14-32)18-5-3-7-31-13-18/h2-14,23H,1,15H2/b22-11-. The van der Waals surface area contributed by atoms with Gasteiger partial charge < -0.3 is 9.53 Å². The van der Waals surface area contributed by atoms with Crippen molar-refractivity contribution in [1.29, 1.82) is 0 Å². The SMILES string of the molecule is C=IC(F)(F)c1cccc(COC(=O)/C(=C\c2cc(Cl)cc(Cl)c2)C(C=O)c2cccnc2)c1. The number of rotatable bonds is 9. The third-order valence-electron chi connectivity index (χ3n) is 4.75. The molecule has 1 aromatic heterocycles. The Morgan fingerprint density at radius 1 is 1.15 bits per heavy atom. The van der Waals surface area contributed by atoms with Crippen LogP contribution in [0.3, 0.4) is 0 Å². The first-order valence-electron chi connectivity index (χ1n) is 9.80. The molecule has 9 heteroatoms. The van der Waals surface area contributed by atoms with Crippen LogP contribution in [0.2, 0.25) is 10.0 Å². The third kappa shape index (κ3) is 6.77. The summed E-state index contributed by atoms with van der Waals surface area (Å²) >= 11 is 10.5. The number of ether oxygens (including phenoxy) is 1. The molecule has 1 atom stereocenters. The smallest absolute Gasteiger partial charge is 0.335 e. The average Bonchev–Trinajstić information content (AvgIpc) is 2.82. The van der Waals surface area contributed by atoms with Gasteiger partial charge in [0.25, 0.3) is 0 Å². The second kappa shape index (κ2) is 11.8. The molecule has 4 nitrogen and oxygen atoms in total. The molecule has 34 heavy (non-hydrogen) atoms. The van der Waals surface area contributed by atoms with Gasteiger partial charge in [-0.05, 0) is 73.8 Å². The van der Waals surface area contributed by atoms with Crippen LogP contribution in [0.4, 0.5) is 8.78 Å². The maximum atomic E-state index is 14.0. The Labute approximate surface area is 215 Å². The van der Waals surface area contributed by atoms with E-state index in [4.69, 9.17) is 27.9 Å². The van der Waals surface area contributed by atoms with E-state index in [9.17, 15) is 18.4 Å². The molecule has 0 aliphatic carbocycles. The van der Waals surface area contributed by atoms with Crippen molar-refractivity contribution < 1.29 is 23.1 Å². The van der Waals surface area contributed by atoms with E-state index < -0.39 is 36.5 Å². The first-order chi connectivity index (χ1) is 16.2. The third-order valence-corrected chi connectivity index (χ3v) is 6.77. The molecule has 0 saturated carbocycles. The van der Waals surface area contributed by atoms with Gasteiger partial charge in [0.15, 0.2) is 0 Å². The Kier molecular flexibility index (Phi) is 9.04. The fourth-order valence-corrected chi connectivity index (χ4v) is 4.47. The maximum Gasteiger partial charge on any atom is 0.335 e. The monoisotopic (exact) mass is 615 g/mol. The van der Waals surface area contributed by atoms with Gasteiger partial charge in [0, 0.05) is 28.0 Å². The first kappa shape index (κ1) is 26.1. The number of esters is 1. The molecular weight excluding hydrogens is 598 g/mol. The molecule has 0 N–H and O–H groups in total. The highest BCUT2D eigenvalue weighted by Gasteiger charge is 2.28. The zero-order valence-corrected chi connectivity index (χ0v) is 21.2. The van der Waals surface area contributed by atoms with Crippen molar-refractivity contribution >= 4 is 66.8 Å². The molecule has 1 heterocycles. The number of benzene rings is 2.